The molecule has 1 aromatic carbocycles. The number of para-hydroxylation sites is 1. The number of halogens is 4. The minimum absolute atomic E-state index is 0.0634. The molecule has 1 aromatic rings. The van der Waals surface area contributed by atoms with Crippen LogP contribution in [-0.2, 0) is 4.79 Å². The Morgan fingerprint density at radius 1 is 1.28 bits per heavy atom. The number of allylic oxidation sites excluding steroid dienone is 1. The van der Waals surface area contributed by atoms with E-state index >= 15 is 0 Å². The fourth-order valence-corrected chi connectivity index (χ4v) is 1.20. The highest BCUT2D eigenvalue weighted by Crippen LogP contribution is 2.26. The van der Waals surface area contributed by atoms with Gasteiger partial charge in [-0.3, -0.25) is 4.79 Å². The number of rotatable bonds is 6. The van der Waals surface area contributed by atoms with E-state index in [-0.39, 0.29) is 5.70 Å². The van der Waals surface area contributed by atoms with E-state index in [0.29, 0.717) is 5.69 Å². The van der Waals surface area contributed by atoms with Crippen LogP contribution in [0.2, 0.25) is 0 Å². The van der Waals surface area contributed by atoms with Gasteiger partial charge in [0.25, 0.3) is 0 Å². The van der Waals surface area contributed by atoms with Crippen LogP contribution in [0.1, 0.15) is 6.42 Å². The van der Waals surface area contributed by atoms with Gasteiger partial charge >= 0.3 is 12.3 Å². The lowest BCUT2D eigenvalue weighted by Crippen LogP contribution is -2.36. The van der Waals surface area contributed by atoms with Crippen LogP contribution < -0.4 is 5.32 Å². The van der Waals surface area contributed by atoms with E-state index in [1.807, 2.05) is 0 Å². The van der Waals surface area contributed by atoms with Crippen molar-refractivity contribution in [3.05, 3.63) is 42.6 Å². The maximum atomic E-state index is 12.7. The molecular weight excluding hydrogens is 250 g/mol. The molecule has 2 nitrogen and oxygen atoms in total. The predicted molar refractivity (Wildman–Crippen MR) is 59.8 cm³/mol. The predicted octanol–water partition coefficient (Wildman–Crippen LogP) is 3.47. The van der Waals surface area contributed by atoms with Crippen molar-refractivity contribution < 1.29 is 22.4 Å². The molecule has 0 saturated carbocycles. The lowest BCUT2D eigenvalue weighted by Gasteiger charge is -2.15. The molecule has 1 rings (SSSR count). The number of Topliss-reactive ketones (excluding diaryl/α,β-unsaturated/α-hetero) is 1. The van der Waals surface area contributed by atoms with Gasteiger partial charge in [-0.05, 0) is 12.1 Å². The second-order valence-corrected chi connectivity index (χ2v) is 3.62. The molecule has 98 valence electrons. The third-order valence-electron chi connectivity index (χ3n) is 2.11. The van der Waals surface area contributed by atoms with Gasteiger partial charge in [-0.25, -0.2) is 8.78 Å². The Kier molecular flexibility index (Phi) is 4.47. The number of carbonyl (C=O) groups excluding carboxylic acids is 1. The summed E-state index contributed by atoms with van der Waals surface area (Å²) in [6, 6.07) is 8.36. The van der Waals surface area contributed by atoms with Crippen LogP contribution in [0.3, 0.4) is 0 Å². The van der Waals surface area contributed by atoms with Gasteiger partial charge in [-0.2, -0.15) is 8.78 Å². The molecule has 0 aliphatic rings. The molecule has 0 aliphatic heterocycles. The van der Waals surface area contributed by atoms with Crippen molar-refractivity contribution >= 4 is 11.5 Å². The van der Waals surface area contributed by atoms with Gasteiger partial charge < -0.3 is 5.32 Å². The summed E-state index contributed by atoms with van der Waals surface area (Å²) < 4.78 is 49.2. The van der Waals surface area contributed by atoms with E-state index in [9.17, 15) is 22.4 Å². The number of alkyl halides is 4. The molecule has 0 spiro atoms. The van der Waals surface area contributed by atoms with Gasteiger partial charge in [0.15, 0.2) is 0 Å². The molecule has 18 heavy (non-hydrogen) atoms. The highest BCUT2D eigenvalue weighted by Gasteiger charge is 2.48. The summed E-state index contributed by atoms with van der Waals surface area (Å²) in [5.41, 5.74) is 0.474. The van der Waals surface area contributed by atoms with Crippen molar-refractivity contribution in [1.29, 1.82) is 0 Å². The van der Waals surface area contributed by atoms with Crippen LogP contribution >= 0.6 is 0 Å². The first-order valence-corrected chi connectivity index (χ1v) is 5.03. The molecule has 1 N–H and O–H groups in total. The van der Waals surface area contributed by atoms with Gasteiger partial charge in [0.05, 0.1) is 6.42 Å². The summed E-state index contributed by atoms with van der Waals surface area (Å²) in [6.07, 6.45) is -4.86. The van der Waals surface area contributed by atoms with Crippen LogP contribution in [0.5, 0.6) is 0 Å². The van der Waals surface area contributed by atoms with E-state index in [2.05, 4.69) is 11.9 Å². The molecule has 0 aromatic heterocycles. The zero-order valence-corrected chi connectivity index (χ0v) is 9.30. The Bertz CT molecular complexity index is 431. The minimum atomic E-state index is -4.64. The van der Waals surface area contributed by atoms with Gasteiger partial charge in [0, 0.05) is 11.4 Å². The van der Waals surface area contributed by atoms with E-state index in [4.69, 9.17) is 0 Å². The Balaban J connectivity index is 2.59. The van der Waals surface area contributed by atoms with Crippen molar-refractivity contribution in [2.45, 2.75) is 18.8 Å². The second kappa shape index (κ2) is 5.66. The summed E-state index contributed by atoms with van der Waals surface area (Å²) in [4.78, 5) is 11.0. The fourth-order valence-electron chi connectivity index (χ4n) is 1.20. The number of hydrogen-bond donors (Lipinski definition) is 1. The van der Waals surface area contributed by atoms with Gasteiger partial charge in [-0.15, -0.1) is 0 Å². The second-order valence-electron chi connectivity index (χ2n) is 3.62. The molecular formula is C12H11F4NO. The van der Waals surface area contributed by atoms with Gasteiger partial charge in [0.1, 0.15) is 0 Å². The Labute approximate surface area is 101 Å². The first-order chi connectivity index (χ1) is 8.34. The first kappa shape index (κ1) is 14.2. The van der Waals surface area contributed by atoms with E-state index < -0.39 is 24.6 Å². The van der Waals surface area contributed by atoms with Gasteiger partial charge in [-0.1, -0.05) is 24.8 Å². The smallest absolute Gasteiger partial charge is 0.359 e. The third-order valence-corrected chi connectivity index (χ3v) is 2.11. The lowest BCUT2D eigenvalue weighted by atomic mass is 10.1. The summed E-state index contributed by atoms with van der Waals surface area (Å²) in [7, 11) is 0. The van der Waals surface area contributed by atoms with Crippen LogP contribution in [-0.4, -0.2) is 18.1 Å². The molecule has 0 radical (unpaired) electrons. The average Bonchev–Trinajstić information content (AvgIpc) is 2.29. The Hall–Kier alpha value is -1.85. The lowest BCUT2D eigenvalue weighted by molar-refractivity contribution is -0.166. The molecule has 0 heterocycles. The van der Waals surface area contributed by atoms with Crippen LogP contribution in [0.4, 0.5) is 23.2 Å². The zero-order chi connectivity index (χ0) is 13.8. The summed E-state index contributed by atoms with van der Waals surface area (Å²) >= 11 is 0. The molecule has 0 bridgehead atoms. The minimum Gasteiger partial charge on any atom is -0.359 e. The van der Waals surface area contributed by atoms with Crippen molar-refractivity contribution in [2.75, 3.05) is 5.32 Å². The number of carbonyl (C=O) groups is 1. The molecule has 0 fully saturated rings. The quantitative estimate of drug-likeness (QED) is 0.794. The standard InChI is InChI=1S/C12H11F4NO/c1-8(17-9-5-3-2-4-6-9)7-10(18)12(15,16)11(13)14/h2-6,11,17H,1,7H2. The maximum Gasteiger partial charge on any atom is 0.364 e. The number of anilines is 1. The highest BCUT2D eigenvalue weighted by molar-refractivity contribution is 5.88. The van der Waals surface area contributed by atoms with E-state index in [0.717, 1.165) is 0 Å². The largest absolute Gasteiger partial charge is 0.364 e. The molecule has 0 saturated heterocycles. The van der Waals surface area contributed by atoms with Crippen molar-refractivity contribution in [3.63, 3.8) is 0 Å². The van der Waals surface area contributed by atoms with E-state index in [1.54, 1.807) is 30.3 Å². The highest BCUT2D eigenvalue weighted by atomic mass is 19.3. The zero-order valence-electron chi connectivity index (χ0n) is 9.30. The summed E-state index contributed by atoms with van der Waals surface area (Å²) in [5, 5.41) is 2.59. The fraction of sp³-hybridized carbons (Fsp3) is 0.250. The Morgan fingerprint density at radius 3 is 2.33 bits per heavy atom. The summed E-state index contributed by atoms with van der Waals surface area (Å²) in [6.45, 7) is 3.35. The molecule has 0 atom stereocenters. The number of benzene rings is 1. The summed E-state index contributed by atoms with van der Waals surface area (Å²) in [5.74, 6) is -6.49. The van der Waals surface area contributed by atoms with Crippen LogP contribution in [0.25, 0.3) is 0 Å². The normalized spacial score (nSPS) is 11.4. The maximum absolute atomic E-state index is 12.7. The molecule has 6 heteroatoms. The number of ketones is 1. The van der Waals surface area contributed by atoms with Gasteiger partial charge in [0.2, 0.25) is 5.78 Å². The first-order valence-electron chi connectivity index (χ1n) is 5.03. The number of nitrogens with one attached hydrogen (secondary N) is 1. The van der Waals surface area contributed by atoms with Crippen molar-refractivity contribution in [3.8, 4) is 0 Å². The number of hydrogen-bond acceptors (Lipinski definition) is 2. The Morgan fingerprint density at radius 2 is 1.83 bits per heavy atom. The molecule has 0 aliphatic carbocycles. The van der Waals surface area contributed by atoms with Crippen LogP contribution in [0, 0.1) is 0 Å². The van der Waals surface area contributed by atoms with Crippen LogP contribution in [0.15, 0.2) is 42.6 Å². The molecule has 0 amide bonds. The van der Waals surface area contributed by atoms with Crippen molar-refractivity contribution in [2.24, 2.45) is 0 Å². The van der Waals surface area contributed by atoms with E-state index in [1.165, 1.54) is 0 Å². The SMILES string of the molecule is C=C(CC(=O)C(F)(F)C(F)F)Nc1ccccc1. The third kappa shape index (κ3) is 3.58. The monoisotopic (exact) mass is 261 g/mol. The van der Waals surface area contributed by atoms with Crippen molar-refractivity contribution in [1.82, 2.24) is 0 Å². The topological polar surface area (TPSA) is 29.1 Å². The molecule has 0 unspecified atom stereocenters. The average molecular weight is 261 g/mol.